The number of nitrogens with zero attached hydrogens (tertiary/aromatic N) is 1. The highest BCUT2D eigenvalue weighted by Crippen LogP contribution is 2.26. The van der Waals surface area contributed by atoms with E-state index in [4.69, 9.17) is 4.42 Å². The fourth-order valence-corrected chi connectivity index (χ4v) is 2.55. The third-order valence-electron chi connectivity index (χ3n) is 3.48. The van der Waals surface area contributed by atoms with E-state index in [1.807, 2.05) is 12.3 Å². The lowest BCUT2D eigenvalue weighted by Crippen LogP contribution is -2.28. The van der Waals surface area contributed by atoms with Gasteiger partial charge in [0, 0.05) is 17.5 Å². The Hall–Kier alpha value is -1.48. The van der Waals surface area contributed by atoms with Crippen LogP contribution in [0.1, 0.15) is 24.8 Å². The molecule has 0 spiro atoms. The van der Waals surface area contributed by atoms with Crippen LogP contribution in [0.3, 0.4) is 0 Å². The third-order valence-corrected chi connectivity index (χ3v) is 3.48. The van der Waals surface area contributed by atoms with Gasteiger partial charge in [-0.25, -0.2) is 0 Å². The standard InChI is InChI=1S/C14H17NO2/c16-12-4-5-14-13(8-12)11(10-17-14)9-15-6-2-1-3-7-15/h4-5,8,10,16H,1-3,6-7,9H2. The summed E-state index contributed by atoms with van der Waals surface area (Å²) in [4.78, 5) is 2.46. The topological polar surface area (TPSA) is 36.6 Å². The molecule has 0 amide bonds. The molecule has 0 aliphatic carbocycles. The Morgan fingerprint density at radius 2 is 2.00 bits per heavy atom. The first-order valence-corrected chi connectivity index (χ1v) is 6.24. The van der Waals surface area contributed by atoms with E-state index in [0.29, 0.717) is 5.75 Å². The van der Waals surface area contributed by atoms with Crippen LogP contribution in [0.15, 0.2) is 28.9 Å². The lowest BCUT2D eigenvalue weighted by molar-refractivity contribution is 0.221. The van der Waals surface area contributed by atoms with Crippen LogP contribution >= 0.6 is 0 Å². The number of likely N-dealkylation sites (tertiary alicyclic amines) is 1. The second-order valence-corrected chi connectivity index (χ2v) is 4.78. The van der Waals surface area contributed by atoms with Gasteiger partial charge in [-0.1, -0.05) is 6.42 Å². The molecule has 17 heavy (non-hydrogen) atoms. The van der Waals surface area contributed by atoms with Crippen molar-refractivity contribution in [3.8, 4) is 5.75 Å². The Morgan fingerprint density at radius 1 is 1.18 bits per heavy atom. The molecule has 1 fully saturated rings. The maximum absolute atomic E-state index is 9.52. The normalized spacial score (nSPS) is 17.6. The van der Waals surface area contributed by atoms with E-state index in [0.717, 1.165) is 17.5 Å². The predicted molar refractivity (Wildman–Crippen MR) is 67.0 cm³/mol. The Bertz CT molecular complexity index is 512. The second kappa shape index (κ2) is 4.41. The van der Waals surface area contributed by atoms with Gasteiger partial charge in [0.2, 0.25) is 0 Å². The quantitative estimate of drug-likeness (QED) is 0.862. The van der Waals surface area contributed by atoms with E-state index in [1.54, 1.807) is 12.1 Å². The zero-order chi connectivity index (χ0) is 11.7. The number of phenolic OH excluding ortho intramolecular Hbond substituents is 1. The molecule has 3 rings (SSSR count). The largest absolute Gasteiger partial charge is 0.508 e. The summed E-state index contributed by atoms with van der Waals surface area (Å²) in [5, 5.41) is 10.6. The number of furan rings is 1. The number of phenols is 1. The maximum Gasteiger partial charge on any atom is 0.134 e. The Balaban J connectivity index is 1.86. The number of rotatable bonds is 2. The van der Waals surface area contributed by atoms with Gasteiger partial charge in [0.1, 0.15) is 11.3 Å². The molecule has 1 aromatic carbocycles. The fraction of sp³-hybridized carbons (Fsp3) is 0.429. The summed E-state index contributed by atoms with van der Waals surface area (Å²) in [5.74, 6) is 0.304. The van der Waals surface area contributed by atoms with Gasteiger partial charge in [0.25, 0.3) is 0 Å². The molecule has 0 bridgehead atoms. The van der Waals surface area contributed by atoms with E-state index in [-0.39, 0.29) is 0 Å². The van der Waals surface area contributed by atoms with Crippen LogP contribution in [-0.2, 0) is 6.54 Å². The molecule has 0 atom stereocenters. The maximum atomic E-state index is 9.52. The van der Waals surface area contributed by atoms with Crippen LogP contribution in [0.4, 0.5) is 0 Å². The molecule has 2 aromatic rings. The van der Waals surface area contributed by atoms with Crippen LogP contribution in [0.5, 0.6) is 5.75 Å². The monoisotopic (exact) mass is 231 g/mol. The molecule has 1 saturated heterocycles. The van der Waals surface area contributed by atoms with Crippen molar-refractivity contribution in [1.29, 1.82) is 0 Å². The van der Waals surface area contributed by atoms with Gasteiger partial charge in [0.15, 0.2) is 0 Å². The van der Waals surface area contributed by atoms with Gasteiger partial charge < -0.3 is 9.52 Å². The van der Waals surface area contributed by atoms with Crippen LogP contribution in [0, 0.1) is 0 Å². The van der Waals surface area contributed by atoms with E-state index in [1.165, 1.54) is 37.9 Å². The zero-order valence-electron chi connectivity index (χ0n) is 9.85. The molecule has 3 heteroatoms. The van der Waals surface area contributed by atoms with Crippen molar-refractivity contribution in [2.24, 2.45) is 0 Å². The molecule has 1 aromatic heterocycles. The molecule has 2 heterocycles. The van der Waals surface area contributed by atoms with Crippen molar-refractivity contribution in [2.75, 3.05) is 13.1 Å². The van der Waals surface area contributed by atoms with Gasteiger partial charge in [-0.3, -0.25) is 4.90 Å². The van der Waals surface area contributed by atoms with Crippen molar-refractivity contribution >= 4 is 11.0 Å². The highest BCUT2D eigenvalue weighted by molar-refractivity contribution is 5.82. The van der Waals surface area contributed by atoms with Crippen molar-refractivity contribution < 1.29 is 9.52 Å². The fourth-order valence-electron chi connectivity index (χ4n) is 2.55. The number of hydrogen-bond acceptors (Lipinski definition) is 3. The summed E-state index contributed by atoms with van der Waals surface area (Å²) in [6.07, 6.45) is 5.75. The molecular weight excluding hydrogens is 214 g/mol. The average molecular weight is 231 g/mol. The van der Waals surface area contributed by atoms with Crippen LogP contribution in [0.2, 0.25) is 0 Å². The summed E-state index contributed by atoms with van der Waals surface area (Å²) in [5.41, 5.74) is 2.03. The molecule has 3 nitrogen and oxygen atoms in total. The SMILES string of the molecule is Oc1ccc2occ(CN3CCCCC3)c2c1. The molecule has 0 saturated carbocycles. The summed E-state index contributed by atoms with van der Waals surface area (Å²) >= 11 is 0. The summed E-state index contributed by atoms with van der Waals surface area (Å²) in [6, 6.07) is 5.28. The Morgan fingerprint density at radius 3 is 2.82 bits per heavy atom. The first-order chi connectivity index (χ1) is 8.33. The Kier molecular flexibility index (Phi) is 2.77. The zero-order valence-corrected chi connectivity index (χ0v) is 9.85. The van der Waals surface area contributed by atoms with E-state index < -0.39 is 0 Å². The number of benzene rings is 1. The lowest BCUT2D eigenvalue weighted by Gasteiger charge is -2.25. The van der Waals surface area contributed by atoms with E-state index in [9.17, 15) is 5.11 Å². The Labute approximate surface area is 101 Å². The van der Waals surface area contributed by atoms with Crippen molar-refractivity contribution in [1.82, 2.24) is 4.90 Å². The lowest BCUT2D eigenvalue weighted by atomic mass is 10.1. The molecule has 1 aliphatic heterocycles. The van der Waals surface area contributed by atoms with E-state index >= 15 is 0 Å². The van der Waals surface area contributed by atoms with Gasteiger partial charge in [-0.15, -0.1) is 0 Å². The van der Waals surface area contributed by atoms with Crippen LogP contribution in [-0.4, -0.2) is 23.1 Å². The summed E-state index contributed by atoms with van der Waals surface area (Å²) < 4.78 is 5.51. The first kappa shape index (κ1) is 10.7. The smallest absolute Gasteiger partial charge is 0.134 e. The number of piperidine rings is 1. The van der Waals surface area contributed by atoms with Gasteiger partial charge in [-0.2, -0.15) is 0 Å². The predicted octanol–water partition coefficient (Wildman–Crippen LogP) is 3.12. The molecule has 1 aliphatic rings. The van der Waals surface area contributed by atoms with Gasteiger partial charge in [-0.05, 0) is 44.1 Å². The third kappa shape index (κ3) is 2.15. The highest BCUT2D eigenvalue weighted by Gasteiger charge is 2.13. The first-order valence-electron chi connectivity index (χ1n) is 6.24. The summed E-state index contributed by atoms with van der Waals surface area (Å²) in [6.45, 7) is 3.27. The molecule has 90 valence electrons. The number of fused-ring (bicyclic) bond motifs is 1. The van der Waals surface area contributed by atoms with Crippen LogP contribution in [0.25, 0.3) is 11.0 Å². The molecule has 0 unspecified atom stereocenters. The molecule has 1 N–H and O–H groups in total. The molecular formula is C14H17NO2. The van der Waals surface area contributed by atoms with E-state index in [2.05, 4.69) is 4.90 Å². The minimum atomic E-state index is 0.304. The second-order valence-electron chi connectivity index (χ2n) is 4.78. The van der Waals surface area contributed by atoms with Gasteiger partial charge in [0.05, 0.1) is 6.26 Å². The minimum Gasteiger partial charge on any atom is -0.508 e. The summed E-state index contributed by atoms with van der Waals surface area (Å²) in [7, 11) is 0. The van der Waals surface area contributed by atoms with Gasteiger partial charge >= 0.3 is 0 Å². The minimum absolute atomic E-state index is 0.304. The van der Waals surface area contributed by atoms with Crippen molar-refractivity contribution in [2.45, 2.75) is 25.8 Å². The average Bonchev–Trinajstić information content (AvgIpc) is 2.73. The van der Waals surface area contributed by atoms with Crippen molar-refractivity contribution in [3.63, 3.8) is 0 Å². The number of aromatic hydroxyl groups is 1. The number of hydrogen-bond donors (Lipinski definition) is 1. The van der Waals surface area contributed by atoms with Crippen molar-refractivity contribution in [3.05, 3.63) is 30.0 Å². The highest BCUT2D eigenvalue weighted by atomic mass is 16.3. The van der Waals surface area contributed by atoms with Crippen LogP contribution < -0.4 is 0 Å². The molecule has 0 radical (unpaired) electrons.